The molecule has 138 valence electrons. The molecule has 0 heterocycles. The summed E-state index contributed by atoms with van der Waals surface area (Å²) in [6, 6.07) is 11.4. The third kappa shape index (κ3) is 5.27. The second kappa shape index (κ2) is 8.94. The monoisotopic (exact) mass is 363 g/mol. The summed E-state index contributed by atoms with van der Waals surface area (Å²) < 4.78 is 37.4. The number of halogens is 2. The van der Waals surface area contributed by atoms with Crippen LogP contribution in [0.1, 0.15) is 20.3 Å². The van der Waals surface area contributed by atoms with Gasteiger partial charge in [-0.25, -0.2) is 13.6 Å². The van der Waals surface area contributed by atoms with Crippen molar-refractivity contribution in [3.05, 3.63) is 60.2 Å². The highest BCUT2D eigenvalue weighted by Crippen LogP contribution is 2.17. The van der Waals surface area contributed by atoms with Crippen LogP contribution in [0.15, 0.2) is 48.5 Å². The Labute approximate surface area is 149 Å². The van der Waals surface area contributed by atoms with Crippen LogP contribution in [0.4, 0.5) is 14.5 Å². The maximum absolute atomic E-state index is 13.6. The summed E-state index contributed by atoms with van der Waals surface area (Å²) >= 11 is 0. The van der Waals surface area contributed by atoms with E-state index in [0.29, 0.717) is 12.2 Å². The fourth-order valence-corrected chi connectivity index (χ4v) is 2.09. The number of carbonyl (C=O) groups is 2. The van der Waals surface area contributed by atoms with Gasteiger partial charge in [-0.1, -0.05) is 25.1 Å². The van der Waals surface area contributed by atoms with E-state index in [9.17, 15) is 18.4 Å². The lowest BCUT2D eigenvalue weighted by Crippen LogP contribution is -2.36. The van der Waals surface area contributed by atoms with Crippen LogP contribution in [0.3, 0.4) is 0 Å². The van der Waals surface area contributed by atoms with E-state index in [1.807, 2.05) is 6.07 Å². The molecule has 2 atom stereocenters. The number of carbonyl (C=O) groups excluding carboxylic acids is 2. The van der Waals surface area contributed by atoms with Crippen molar-refractivity contribution in [1.29, 1.82) is 0 Å². The van der Waals surface area contributed by atoms with Crippen LogP contribution in [-0.4, -0.2) is 24.1 Å². The van der Waals surface area contributed by atoms with Gasteiger partial charge < -0.3 is 14.8 Å². The molecule has 0 fully saturated rings. The maximum Gasteiger partial charge on any atom is 0.348 e. The Morgan fingerprint density at radius 2 is 1.81 bits per heavy atom. The molecule has 0 aliphatic heterocycles. The molecular weight excluding hydrogens is 344 g/mol. The van der Waals surface area contributed by atoms with Gasteiger partial charge in [0.2, 0.25) is 0 Å². The van der Waals surface area contributed by atoms with Crippen LogP contribution in [0.25, 0.3) is 0 Å². The predicted molar refractivity (Wildman–Crippen MR) is 91.7 cm³/mol. The molecule has 0 saturated heterocycles. The van der Waals surface area contributed by atoms with Crippen molar-refractivity contribution in [3.8, 4) is 5.75 Å². The van der Waals surface area contributed by atoms with E-state index in [1.54, 1.807) is 31.2 Å². The van der Waals surface area contributed by atoms with Crippen molar-refractivity contribution in [3.63, 3.8) is 0 Å². The molecule has 0 saturated carbocycles. The van der Waals surface area contributed by atoms with Crippen LogP contribution < -0.4 is 10.1 Å². The van der Waals surface area contributed by atoms with Gasteiger partial charge >= 0.3 is 5.97 Å². The number of hydrogen-bond donors (Lipinski definition) is 1. The molecule has 2 rings (SSSR count). The SMILES string of the molecule is CC[C@@H](Oc1ccccc1)C(=O)O[C@H](C)C(=O)Nc1cc(F)ccc1F. The van der Waals surface area contributed by atoms with E-state index in [1.165, 1.54) is 6.92 Å². The van der Waals surface area contributed by atoms with Gasteiger partial charge in [-0.3, -0.25) is 4.79 Å². The molecule has 0 radical (unpaired) electrons. The second-order valence-corrected chi connectivity index (χ2v) is 5.52. The van der Waals surface area contributed by atoms with Crippen molar-refractivity contribution in [2.75, 3.05) is 5.32 Å². The number of hydrogen-bond acceptors (Lipinski definition) is 4. The van der Waals surface area contributed by atoms with Crippen molar-refractivity contribution in [2.24, 2.45) is 0 Å². The topological polar surface area (TPSA) is 64.6 Å². The quantitative estimate of drug-likeness (QED) is 0.762. The second-order valence-electron chi connectivity index (χ2n) is 5.52. The predicted octanol–water partition coefficient (Wildman–Crippen LogP) is 3.69. The Balaban J connectivity index is 1.96. The van der Waals surface area contributed by atoms with Gasteiger partial charge in [0.1, 0.15) is 17.4 Å². The minimum atomic E-state index is -1.21. The van der Waals surface area contributed by atoms with Crippen LogP contribution in [0, 0.1) is 11.6 Å². The number of ether oxygens (including phenoxy) is 2. The number of benzene rings is 2. The summed E-state index contributed by atoms with van der Waals surface area (Å²) in [5.41, 5.74) is -0.328. The zero-order valence-electron chi connectivity index (χ0n) is 14.4. The molecule has 26 heavy (non-hydrogen) atoms. The minimum absolute atomic E-state index is 0.328. The summed E-state index contributed by atoms with van der Waals surface area (Å²) in [6.45, 7) is 3.07. The summed E-state index contributed by atoms with van der Waals surface area (Å²) in [5.74, 6) is -2.50. The lowest BCUT2D eigenvalue weighted by molar-refractivity contribution is -0.160. The number of para-hydroxylation sites is 1. The lowest BCUT2D eigenvalue weighted by Gasteiger charge is -2.19. The first kappa shape index (κ1) is 19.4. The third-order valence-electron chi connectivity index (χ3n) is 3.50. The number of anilines is 1. The molecule has 0 aliphatic rings. The molecule has 0 bridgehead atoms. The molecule has 0 aliphatic carbocycles. The van der Waals surface area contributed by atoms with E-state index in [4.69, 9.17) is 9.47 Å². The zero-order valence-corrected chi connectivity index (χ0v) is 14.4. The van der Waals surface area contributed by atoms with Gasteiger partial charge in [-0.05, 0) is 37.6 Å². The Kier molecular flexibility index (Phi) is 6.66. The average Bonchev–Trinajstić information content (AvgIpc) is 2.63. The Morgan fingerprint density at radius 3 is 2.46 bits per heavy atom. The van der Waals surface area contributed by atoms with E-state index < -0.39 is 35.7 Å². The first-order valence-electron chi connectivity index (χ1n) is 8.08. The smallest absolute Gasteiger partial charge is 0.348 e. The Morgan fingerprint density at radius 1 is 1.12 bits per heavy atom. The standard InChI is InChI=1S/C19H19F2NO4/c1-3-17(26-14-7-5-4-6-8-14)19(24)25-12(2)18(23)22-16-11-13(20)9-10-15(16)21/h4-12,17H,3H2,1-2H3,(H,22,23)/t12-,17-/m1/s1. The summed E-state index contributed by atoms with van der Waals surface area (Å²) in [6.07, 6.45) is -1.77. The molecule has 2 aromatic carbocycles. The normalized spacial score (nSPS) is 12.8. The zero-order chi connectivity index (χ0) is 19.1. The van der Waals surface area contributed by atoms with Gasteiger partial charge in [-0.2, -0.15) is 0 Å². The molecular formula is C19H19F2NO4. The lowest BCUT2D eigenvalue weighted by atomic mass is 10.2. The molecule has 0 unspecified atom stereocenters. The minimum Gasteiger partial charge on any atom is -0.479 e. The summed E-state index contributed by atoms with van der Waals surface area (Å²) in [5, 5.41) is 2.19. The van der Waals surface area contributed by atoms with Gasteiger partial charge in [0.15, 0.2) is 12.2 Å². The van der Waals surface area contributed by atoms with Crippen molar-refractivity contribution >= 4 is 17.6 Å². The van der Waals surface area contributed by atoms with Gasteiger partial charge in [0.05, 0.1) is 5.69 Å². The highest BCUT2D eigenvalue weighted by atomic mass is 19.1. The highest BCUT2D eigenvalue weighted by Gasteiger charge is 2.26. The van der Waals surface area contributed by atoms with Crippen LogP contribution in [0.2, 0.25) is 0 Å². The molecule has 0 aromatic heterocycles. The fraction of sp³-hybridized carbons (Fsp3) is 0.263. The molecule has 1 amide bonds. The summed E-state index contributed by atoms with van der Waals surface area (Å²) in [7, 11) is 0. The molecule has 2 aromatic rings. The fourth-order valence-electron chi connectivity index (χ4n) is 2.09. The van der Waals surface area contributed by atoms with E-state index in [-0.39, 0.29) is 5.69 Å². The maximum atomic E-state index is 13.6. The molecule has 5 nitrogen and oxygen atoms in total. The van der Waals surface area contributed by atoms with Gasteiger partial charge in [0.25, 0.3) is 5.91 Å². The number of esters is 1. The third-order valence-corrected chi connectivity index (χ3v) is 3.50. The molecule has 1 N–H and O–H groups in total. The number of rotatable bonds is 7. The van der Waals surface area contributed by atoms with Gasteiger partial charge in [0, 0.05) is 6.07 Å². The first-order valence-corrected chi connectivity index (χ1v) is 8.08. The number of nitrogens with one attached hydrogen (secondary N) is 1. The average molecular weight is 363 g/mol. The molecule has 7 heteroatoms. The van der Waals surface area contributed by atoms with Gasteiger partial charge in [-0.15, -0.1) is 0 Å². The Bertz CT molecular complexity index is 767. The van der Waals surface area contributed by atoms with Crippen LogP contribution in [-0.2, 0) is 14.3 Å². The van der Waals surface area contributed by atoms with Crippen molar-refractivity contribution in [1.82, 2.24) is 0 Å². The Hall–Kier alpha value is -2.96. The largest absolute Gasteiger partial charge is 0.479 e. The first-order chi connectivity index (χ1) is 12.4. The van der Waals surface area contributed by atoms with Crippen LogP contribution >= 0.6 is 0 Å². The van der Waals surface area contributed by atoms with Crippen LogP contribution in [0.5, 0.6) is 5.75 Å². The van der Waals surface area contributed by atoms with Crippen molar-refractivity contribution in [2.45, 2.75) is 32.5 Å². The number of amides is 1. The molecule has 0 spiro atoms. The van der Waals surface area contributed by atoms with E-state index >= 15 is 0 Å². The van der Waals surface area contributed by atoms with E-state index in [0.717, 1.165) is 18.2 Å². The van der Waals surface area contributed by atoms with E-state index in [2.05, 4.69) is 5.32 Å². The highest BCUT2D eigenvalue weighted by molar-refractivity contribution is 5.95. The van der Waals surface area contributed by atoms with Crippen molar-refractivity contribution < 1.29 is 27.8 Å². The summed E-state index contributed by atoms with van der Waals surface area (Å²) in [4.78, 5) is 24.3.